The molecule has 0 saturated heterocycles. The van der Waals surface area contributed by atoms with E-state index in [1.54, 1.807) is 0 Å². The molecular weight excluding hydrogens is 392 g/mol. The van der Waals surface area contributed by atoms with Crippen molar-refractivity contribution in [3.05, 3.63) is 77.4 Å². The van der Waals surface area contributed by atoms with Gasteiger partial charge in [-0.1, -0.05) is 12.6 Å². The summed E-state index contributed by atoms with van der Waals surface area (Å²) < 4.78 is 15.1. The first kappa shape index (κ1) is 22.4. The first-order valence-electron chi connectivity index (χ1n) is 8.95. The monoisotopic (exact) mass is 412 g/mol. The van der Waals surface area contributed by atoms with Gasteiger partial charge in [0.05, 0.1) is 29.9 Å². The van der Waals surface area contributed by atoms with Gasteiger partial charge in [0, 0.05) is 12.5 Å². The van der Waals surface area contributed by atoms with Crippen LogP contribution in [-0.2, 0) is 14.3 Å². The zero-order valence-corrected chi connectivity index (χ0v) is 16.3. The second-order valence-electron chi connectivity index (χ2n) is 6.06. The summed E-state index contributed by atoms with van der Waals surface area (Å²) in [7, 11) is 0. The van der Waals surface area contributed by atoms with Crippen LogP contribution in [-0.4, -0.2) is 42.2 Å². The van der Waals surface area contributed by atoms with E-state index in [0.717, 1.165) is 6.08 Å². The average Bonchev–Trinajstić information content (AvgIpc) is 2.73. The first-order valence-corrected chi connectivity index (χ1v) is 8.95. The molecule has 2 aromatic rings. The Labute approximate surface area is 172 Å². The lowest BCUT2D eigenvalue weighted by atomic mass is 10.0. The maximum atomic E-state index is 12.3. The molecule has 2 rings (SSSR count). The number of hydrogen-bond acceptors (Lipinski definition) is 7. The predicted octanol–water partition coefficient (Wildman–Crippen LogP) is 3.19. The zero-order chi connectivity index (χ0) is 22.1. The minimum atomic E-state index is -1.18. The Morgan fingerprint density at radius 3 is 2.27 bits per heavy atom. The molecule has 0 heterocycles. The van der Waals surface area contributed by atoms with Crippen LogP contribution < -0.4 is 4.74 Å². The molecule has 2 aromatic carbocycles. The second-order valence-corrected chi connectivity index (χ2v) is 6.06. The SMILES string of the molecule is C=CC(=O)OCCCOc1ccc(C(=O)OC(=O)c2cccc(C(=O)O)c2C)cc1. The summed E-state index contributed by atoms with van der Waals surface area (Å²) in [5.41, 5.74) is 0.297. The number of rotatable bonds is 9. The number of ether oxygens (including phenoxy) is 3. The van der Waals surface area contributed by atoms with Gasteiger partial charge in [0.15, 0.2) is 0 Å². The third kappa shape index (κ3) is 6.03. The van der Waals surface area contributed by atoms with Gasteiger partial charge in [-0.3, -0.25) is 0 Å². The van der Waals surface area contributed by atoms with E-state index in [2.05, 4.69) is 6.58 Å². The normalized spacial score (nSPS) is 10.0. The molecule has 0 amide bonds. The van der Waals surface area contributed by atoms with E-state index >= 15 is 0 Å². The van der Waals surface area contributed by atoms with Crippen molar-refractivity contribution in [1.29, 1.82) is 0 Å². The van der Waals surface area contributed by atoms with Gasteiger partial charge in [0.1, 0.15) is 5.75 Å². The standard InChI is InChI=1S/C22H20O8/c1-3-19(23)29-13-5-12-28-16-10-8-15(9-11-16)21(26)30-22(27)18-7-4-6-17(14(18)2)20(24)25/h3-4,6-11H,1,5,12-13H2,2H3,(H,24,25). The number of esters is 3. The molecular formula is C22H20O8. The number of carboxylic acids is 1. The molecule has 0 saturated carbocycles. The molecule has 0 spiro atoms. The molecule has 0 aliphatic rings. The van der Waals surface area contributed by atoms with Gasteiger partial charge in [-0.2, -0.15) is 0 Å². The van der Waals surface area contributed by atoms with Crippen LogP contribution in [0.5, 0.6) is 5.75 Å². The second kappa shape index (κ2) is 10.6. The molecule has 0 aliphatic heterocycles. The topological polar surface area (TPSA) is 116 Å². The van der Waals surface area contributed by atoms with Gasteiger partial charge in [-0.15, -0.1) is 0 Å². The van der Waals surface area contributed by atoms with Gasteiger partial charge < -0.3 is 19.3 Å². The maximum Gasteiger partial charge on any atom is 0.346 e. The average molecular weight is 412 g/mol. The highest BCUT2D eigenvalue weighted by Crippen LogP contribution is 2.17. The summed E-state index contributed by atoms with van der Waals surface area (Å²) >= 11 is 0. The number of carbonyl (C=O) groups excluding carboxylic acids is 3. The molecule has 0 bridgehead atoms. The largest absolute Gasteiger partial charge is 0.493 e. The summed E-state index contributed by atoms with van der Waals surface area (Å²) in [6, 6.07) is 10.1. The molecule has 0 aromatic heterocycles. The third-order valence-corrected chi connectivity index (χ3v) is 4.03. The van der Waals surface area contributed by atoms with Gasteiger partial charge in [0.25, 0.3) is 0 Å². The molecule has 0 fully saturated rings. The highest BCUT2D eigenvalue weighted by molar-refractivity contribution is 6.04. The van der Waals surface area contributed by atoms with E-state index in [1.807, 2.05) is 0 Å². The first-order chi connectivity index (χ1) is 14.3. The Morgan fingerprint density at radius 2 is 1.63 bits per heavy atom. The third-order valence-electron chi connectivity index (χ3n) is 4.03. The molecule has 1 N–H and O–H groups in total. The fraction of sp³-hybridized carbons (Fsp3) is 0.182. The molecule has 30 heavy (non-hydrogen) atoms. The minimum absolute atomic E-state index is 0.000332. The van der Waals surface area contributed by atoms with Gasteiger partial charge in [0.2, 0.25) is 0 Å². The van der Waals surface area contributed by atoms with Crippen LogP contribution in [0.25, 0.3) is 0 Å². The lowest BCUT2D eigenvalue weighted by molar-refractivity contribution is -0.137. The van der Waals surface area contributed by atoms with E-state index in [4.69, 9.17) is 19.3 Å². The van der Waals surface area contributed by atoms with Gasteiger partial charge in [-0.25, -0.2) is 19.2 Å². The fourth-order valence-electron chi connectivity index (χ4n) is 2.45. The number of aromatic carboxylic acids is 1. The summed E-state index contributed by atoms with van der Waals surface area (Å²) in [4.78, 5) is 46.5. The molecule has 8 heteroatoms. The lowest BCUT2D eigenvalue weighted by Gasteiger charge is -2.09. The number of carboxylic acid groups (broad SMARTS) is 1. The predicted molar refractivity (Wildman–Crippen MR) is 106 cm³/mol. The van der Waals surface area contributed by atoms with Gasteiger partial charge >= 0.3 is 23.9 Å². The van der Waals surface area contributed by atoms with Crippen molar-refractivity contribution in [2.24, 2.45) is 0 Å². The van der Waals surface area contributed by atoms with Crippen LogP contribution in [0.4, 0.5) is 0 Å². The Bertz CT molecular complexity index is 960. The maximum absolute atomic E-state index is 12.3. The van der Waals surface area contributed by atoms with Crippen LogP contribution in [0.3, 0.4) is 0 Å². The molecule has 156 valence electrons. The highest BCUT2D eigenvalue weighted by Gasteiger charge is 2.20. The van der Waals surface area contributed by atoms with Crippen LogP contribution in [0.2, 0.25) is 0 Å². The lowest BCUT2D eigenvalue weighted by Crippen LogP contribution is -2.15. The summed E-state index contributed by atoms with van der Waals surface area (Å²) in [5.74, 6) is -3.00. The van der Waals surface area contributed by atoms with Crippen molar-refractivity contribution in [2.45, 2.75) is 13.3 Å². The highest BCUT2D eigenvalue weighted by atomic mass is 16.6. The summed E-state index contributed by atoms with van der Waals surface area (Å²) in [6.45, 7) is 5.25. The number of carbonyl (C=O) groups is 4. The molecule has 0 aliphatic carbocycles. The van der Waals surface area contributed by atoms with Crippen molar-refractivity contribution < 1.29 is 38.5 Å². The van der Waals surface area contributed by atoms with E-state index < -0.39 is 23.9 Å². The number of hydrogen-bond donors (Lipinski definition) is 1. The van der Waals surface area contributed by atoms with E-state index in [9.17, 15) is 19.2 Å². The van der Waals surface area contributed by atoms with E-state index in [0.29, 0.717) is 18.8 Å². The van der Waals surface area contributed by atoms with Crippen LogP contribution in [0.15, 0.2) is 55.1 Å². The van der Waals surface area contributed by atoms with Crippen molar-refractivity contribution in [1.82, 2.24) is 0 Å². The summed E-state index contributed by atoms with van der Waals surface area (Å²) in [6.07, 6.45) is 1.56. The van der Waals surface area contributed by atoms with Crippen molar-refractivity contribution >= 4 is 23.9 Å². The minimum Gasteiger partial charge on any atom is -0.493 e. The smallest absolute Gasteiger partial charge is 0.346 e. The van der Waals surface area contributed by atoms with Gasteiger partial charge in [-0.05, 0) is 48.9 Å². The number of benzene rings is 2. The molecule has 0 unspecified atom stereocenters. The van der Waals surface area contributed by atoms with Crippen molar-refractivity contribution in [3.63, 3.8) is 0 Å². The molecule has 0 radical (unpaired) electrons. The van der Waals surface area contributed by atoms with Crippen LogP contribution in [0.1, 0.15) is 43.1 Å². The van der Waals surface area contributed by atoms with E-state index in [1.165, 1.54) is 49.4 Å². The van der Waals surface area contributed by atoms with Crippen LogP contribution in [0, 0.1) is 6.92 Å². The van der Waals surface area contributed by atoms with Crippen molar-refractivity contribution in [3.8, 4) is 5.75 Å². The Morgan fingerprint density at radius 1 is 0.967 bits per heavy atom. The Kier molecular flexibility index (Phi) is 7.87. The quantitative estimate of drug-likeness (QED) is 0.289. The van der Waals surface area contributed by atoms with Crippen LogP contribution >= 0.6 is 0 Å². The summed E-state index contributed by atoms with van der Waals surface area (Å²) in [5, 5.41) is 9.13. The molecule has 8 nitrogen and oxygen atoms in total. The van der Waals surface area contributed by atoms with Crippen molar-refractivity contribution in [2.75, 3.05) is 13.2 Å². The molecule has 0 atom stereocenters. The Hall–Kier alpha value is -3.94. The Balaban J connectivity index is 1.91. The fourth-order valence-corrected chi connectivity index (χ4v) is 2.45. The zero-order valence-electron chi connectivity index (χ0n) is 16.3. The van der Waals surface area contributed by atoms with E-state index in [-0.39, 0.29) is 28.9 Å².